The predicted octanol–water partition coefficient (Wildman–Crippen LogP) is 4.31. The van der Waals surface area contributed by atoms with Crippen LogP contribution in [-0.2, 0) is 14.9 Å². The van der Waals surface area contributed by atoms with Crippen LogP contribution in [0.2, 0.25) is 0 Å². The summed E-state index contributed by atoms with van der Waals surface area (Å²) in [5.41, 5.74) is 1.91. The van der Waals surface area contributed by atoms with Crippen molar-refractivity contribution in [2.24, 2.45) is 0 Å². The first-order valence-electron chi connectivity index (χ1n) is 8.05. The second-order valence-corrected chi connectivity index (χ2v) is 6.87. The third-order valence-corrected chi connectivity index (χ3v) is 3.75. The van der Waals surface area contributed by atoms with Crippen molar-refractivity contribution in [1.82, 2.24) is 0 Å². The molecule has 0 saturated heterocycles. The van der Waals surface area contributed by atoms with Crippen molar-refractivity contribution in [2.75, 3.05) is 5.32 Å². The molecule has 0 aliphatic rings. The Bertz CT molecular complexity index is 746. The minimum absolute atomic E-state index is 0.00916. The Hall–Kier alpha value is -2.69. The van der Waals surface area contributed by atoms with E-state index in [1.54, 1.807) is 12.1 Å². The summed E-state index contributed by atoms with van der Waals surface area (Å²) < 4.78 is 18.1. The zero-order valence-corrected chi connectivity index (χ0v) is 14.8. The SMILES string of the molecule is C[C@@H](OC(=O)c1ccc(C(C)(C)C)cc1)C(=O)Nc1ccc(F)cc1. The van der Waals surface area contributed by atoms with Crippen LogP contribution in [0.5, 0.6) is 0 Å². The molecule has 0 spiro atoms. The van der Waals surface area contributed by atoms with E-state index in [2.05, 4.69) is 26.1 Å². The summed E-state index contributed by atoms with van der Waals surface area (Å²) in [6.07, 6.45) is -0.972. The lowest BCUT2D eigenvalue weighted by molar-refractivity contribution is -0.123. The number of nitrogens with one attached hydrogen (secondary N) is 1. The van der Waals surface area contributed by atoms with Crippen LogP contribution in [0, 0.1) is 5.82 Å². The molecule has 1 amide bonds. The molecule has 2 aromatic rings. The van der Waals surface area contributed by atoms with Gasteiger partial charge in [0, 0.05) is 5.69 Å². The number of rotatable bonds is 4. The number of esters is 1. The lowest BCUT2D eigenvalue weighted by Gasteiger charge is -2.19. The summed E-state index contributed by atoms with van der Waals surface area (Å²) in [7, 11) is 0. The molecule has 0 heterocycles. The van der Waals surface area contributed by atoms with Crippen LogP contribution in [-0.4, -0.2) is 18.0 Å². The number of benzene rings is 2. The van der Waals surface area contributed by atoms with Crippen LogP contribution in [0.25, 0.3) is 0 Å². The maximum absolute atomic E-state index is 12.9. The highest BCUT2D eigenvalue weighted by Gasteiger charge is 2.20. The molecule has 1 atom stereocenters. The fourth-order valence-corrected chi connectivity index (χ4v) is 2.17. The lowest BCUT2D eigenvalue weighted by atomic mass is 9.87. The molecule has 1 N–H and O–H groups in total. The van der Waals surface area contributed by atoms with Crippen molar-refractivity contribution >= 4 is 17.6 Å². The highest BCUT2D eigenvalue weighted by atomic mass is 19.1. The maximum Gasteiger partial charge on any atom is 0.338 e. The summed E-state index contributed by atoms with van der Waals surface area (Å²) in [5, 5.41) is 2.57. The van der Waals surface area contributed by atoms with Gasteiger partial charge in [-0.15, -0.1) is 0 Å². The molecular formula is C20H22FNO3. The van der Waals surface area contributed by atoms with Crippen LogP contribution in [0.15, 0.2) is 48.5 Å². The number of carbonyl (C=O) groups excluding carboxylic acids is 2. The van der Waals surface area contributed by atoms with E-state index in [0.29, 0.717) is 11.3 Å². The van der Waals surface area contributed by atoms with Gasteiger partial charge in [-0.3, -0.25) is 4.79 Å². The summed E-state index contributed by atoms with van der Waals surface area (Å²) >= 11 is 0. The second-order valence-electron chi connectivity index (χ2n) is 6.87. The third-order valence-electron chi connectivity index (χ3n) is 3.75. The minimum atomic E-state index is -0.972. The summed E-state index contributed by atoms with van der Waals surface area (Å²) in [6, 6.07) is 12.5. The van der Waals surface area contributed by atoms with Crippen molar-refractivity contribution in [3.8, 4) is 0 Å². The van der Waals surface area contributed by atoms with Crippen LogP contribution >= 0.6 is 0 Å². The zero-order valence-electron chi connectivity index (χ0n) is 14.8. The average Bonchev–Trinajstić information content (AvgIpc) is 2.56. The second kappa shape index (κ2) is 7.47. The highest BCUT2D eigenvalue weighted by molar-refractivity contribution is 5.97. The molecule has 132 valence electrons. The number of anilines is 1. The number of amides is 1. The quantitative estimate of drug-likeness (QED) is 0.842. The number of hydrogen-bond acceptors (Lipinski definition) is 3. The summed E-state index contributed by atoms with van der Waals surface area (Å²) in [4.78, 5) is 24.2. The molecule has 0 fully saturated rings. The first-order valence-corrected chi connectivity index (χ1v) is 8.05. The van der Waals surface area contributed by atoms with Crippen molar-refractivity contribution in [2.45, 2.75) is 39.2 Å². The summed E-state index contributed by atoms with van der Waals surface area (Å²) in [5.74, 6) is -1.44. The van der Waals surface area contributed by atoms with E-state index in [1.807, 2.05) is 12.1 Å². The number of ether oxygens (including phenoxy) is 1. The minimum Gasteiger partial charge on any atom is -0.449 e. The molecule has 0 aliphatic heterocycles. The highest BCUT2D eigenvalue weighted by Crippen LogP contribution is 2.22. The molecular weight excluding hydrogens is 321 g/mol. The normalized spacial score (nSPS) is 12.4. The van der Waals surface area contributed by atoms with E-state index in [9.17, 15) is 14.0 Å². The largest absolute Gasteiger partial charge is 0.449 e. The Morgan fingerprint density at radius 3 is 2.08 bits per heavy atom. The fourth-order valence-electron chi connectivity index (χ4n) is 2.17. The molecule has 5 heteroatoms. The Kier molecular flexibility index (Phi) is 5.57. The molecule has 2 rings (SSSR count). The van der Waals surface area contributed by atoms with Gasteiger partial charge in [0.05, 0.1) is 5.56 Å². The van der Waals surface area contributed by atoms with E-state index < -0.39 is 23.8 Å². The van der Waals surface area contributed by atoms with E-state index in [-0.39, 0.29) is 5.41 Å². The standard InChI is InChI=1S/C20H22FNO3/c1-13(18(23)22-17-11-9-16(21)10-12-17)25-19(24)14-5-7-15(8-6-14)20(2,3)4/h5-13H,1-4H3,(H,22,23)/t13-/m1/s1. The molecule has 0 aliphatic carbocycles. The van der Waals surface area contributed by atoms with Crippen molar-refractivity contribution < 1.29 is 18.7 Å². The van der Waals surface area contributed by atoms with Crippen LogP contribution < -0.4 is 5.32 Å². The Balaban J connectivity index is 1.97. The third kappa shape index (κ3) is 5.14. The fraction of sp³-hybridized carbons (Fsp3) is 0.300. The van der Waals surface area contributed by atoms with Gasteiger partial charge in [-0.1, -0.05) is 32.9 Å². The maximum atomic E-state index is 12.9. The smallest absolute Gasteiger partial charge is 0.338 e. The van der Waals surface area contributed by atoms with Crippen molar-refractivity contribution in [3.05, 3.63) is 65.5 Å². The monoisotopic (exact) mass is 343 g/mol. The van der Waals surface area contributed by atoms with Crippen LogP contribution in [0.1, 0.15) is 43.6 Å². The average molecular weight is 343 g/mol. The molecule has 0 saturated carbocycles. The molecule has 0 bridgehead atoms. The van der Waals surface area contributed by atoms with Gasteiger partial charge >= 0.3 is 5.97 Å². The first-order chi connectivity index (χ1) is 11.7. The van der Waals surface area contributed by atoms with Gasteiger partial charge in [-0.2, -0.15) is 0 Å². The number of hydrogen-bond donors (Lipinski definition) is 1. The first kappa shape index (κ1) is 18.6. The van der Waals surface area contributed by atoms with Crippen molar-refractivity contribution in [1.29, 1.82) is 0 Å². The Labute approximate surface area is 147 Å². The lowest BCUT2D eigenvalue weighted by Crippen LogP contribution is -2.30. The van der Waals surface area contributed by atoms with E-state index in [4.69, 9.17) is 4.74 Å². The molecule has 0 unspecified atom stereocenters. The zero-order chi connectivity index (χ0) is 18.6. The number of halogens is 1. The summed E-state index contributed by atoms with van der Waals surface area (Å²) in [6.45, 7) is 7.74. The molecule has 0 radical (unpaired) electrons. The van der Waals surface area contributed by atoms with Crippen LogP contribution in [0.3, 0.4) is 0 Å². The van der Waals surface area contributed by atoms with Gasteiger partial charge in [-0.25, -0.2) is 9.18 Å². The van der Waals surface area contributed by atoms with Gasteiger partial charge in [-0.05, 0) is 54.3 Å². The topological polar surface area (TPSA) is 55.4 Å². The molecule has 0 aromatic heterocycles. The molecule has 25 heavy (non-hydrogen) atoms. The van der Waals surface area contributed by atoms with Crippen molar-refractivity contribution in [3.63, 3.8) is 0 Å². The molecule has 2 aromatic carbocycles. The van der Waals surface area contributed by atoms with Gasteiger partial charge < -0.3 is 10.1 Å². The Morgan fingerprint density at radius 2 is 1.56 bits per heavy atom. The predicted molar refractivity (Wildman–Crippen MR) is 95.0 cm³/mol. The van der Waals surface area contributed by atoms with Gasteiger partial charge in [0.25, 0.3) is 5.91 Å². The van der Waals surface area contributed by atoms with E-state index in [0.717, 1.165) is 5.56 Å². The van der Waals surface area contributed by atoms with Gasteiger partial charge in [0.15, 0.2) is 6.10 Å². The Morgan fingerprint density at radius 1 is 1.00 bits per heavy atom. The van der Waals surface area contributed by atoms with Gasteiger partial charge in [0.1, 0.15) is 5.82 Å². The van der Waals surface area contributed by atoms with E-state index >= 15 is 0 Å². The molecule has 4 nitrogen and oxygen atoms in total. The number of carbonyl (C=O) groups is 2. The van der Waals surface area contributed by atoms with Gasteiger partial charge in [0.2, 0.25) is 0 Å². The van der Waals surface area contributed by atoms with Crippen LogP contribution in [0.4, 0.5) is 10.1 Å². The van der Waals surface area contributed by atoms with E-state index in [1.165, 1.54) is 31.2 Å².